The van der Waals surface area contributed by atoms with Crippen LogP contribution in [0, 0.1) is 13.8 Å². The number of nitrogens with zero attached hydrogens (tertiary/aromatic N) is 4. The number of amides is 2. The number of carbonyl (C=O) groups excluding carboxylic acids is 2. The molecule has 0 saturated carbocycles. The van der Waals surface area contributed by atoms with Gasteiger partial charge in [-0.05, 0) is 69.9 Å². The van der Waals surface area contributed by atoms with Gasteiger partial charge < -0.3 is 14.4 Å². The molecule has 1 aromatic carbocycles. The Morgan fingerprint density at radius 3 is 2.59 bits per heavy atom. The highest BCUT2D eigenvalue weighted by atomic mass is 16.5. The van der Waals surface area contributed by atoms with Crippen LogP contribution in [0.15, 0.2) is 29.4 Å². The lowest BCUT2D eigenvalue weighted by Crippen LogP contribution is -2.38. The first-order valence-corrected chi connectivity index (χ1v) is 11.0. The molecule has 1 fully saturated rings. The van der Waals surface area contributed by atoms with Crippen molar-refractivity contribution >= 4 is 18.0 Å². The van der Waals surface area contributed by atoms with Crippen LogP contribution in [0.5, 0.6) is 11.5 Å². The number of likely N-dealkylation sites (tertiary alicyclic amines) is 1. The summed E-state index contributed by atoms with van der Waals surface area (Å²) in [5.74, 6) is 0.747. The molecule has 1 saturated heterocycles. The van der Waals surface area contributed by atoms with E-state index in [2.05, 4.69) is 15.6 Å². The normalized spacial score (nSPS) is 13.9. The molecule has 0 unspecified atom stereocenters. The minimum atomic E-state index is -0.270. The van der Waals surface area contributed by atoms with Crippen molar-refractivity contribution in [2.24, 2.45) is 5.10 Å². The van der Waals surface area contributed by atoms with E-state index < -0.39 is 0 Å². The van der Waals surface area contributed by atoms with E-state index in [1.165, 1.54) is 12.6 Å². The molecular weight excluding hydrogens is 410 g/mol. The van der Waals surface area contributed by atoms with E-state index in [0.29, 0.717) is 18.1 Å². The van der Waals surface area contributed by atoms with Gasteiger partial charge >= 0.3 is 0 Å². The summed E-state index contributed by atoms with van der Waals surface area (Å²) in [6.07, 6.45) is 4.79. The van der Waals surface area contributed by atoms with Gasteiger partial charge in [-0.2, -0.15) is 10.2 Å². The third-order valence-corrected chi connectivity index (χ3v) is 5.13. The van der Waals surface area contributed by atoms with Crippen LogP contribution in [0.2, 0.25) is 0 Å². The molecule has 2 heterocycles. The van der Waals surface area contributed by atoms with Crippen molar-refractivity contribution in [1.82, 2.24) is 20.1 Å². The highest BCUT2D eigenvalue weighted by molar-refractivity contribution is 5.83. The zero-order chi connectivity index (χ0) is 22.9. The number of hydrazone groups is 1. The van der Waals surface area contributed by atoms with Gasteiger partial charge in [0.15, 0.2) is 18.1 Å². The third-order valence-electron chi connectivity index (χ3n) is 5.13. The molecule has 172 valence electrons. The van der Waals surface area contributed by atoms with Crippen molar-refractivity contribution in [3.63, 3.8) is 0 Å². The molecule has 2 amide bonds. The molecule has 9 nitrogen and oxygen atoms in total. The van der Waals surface area contributed by atoms with Crippen molar-refractivity contribution in [1.29, 1.82) is 0 Å². The molecule has 2 aromatic rings. The number of aryl methyl sites for hydroxylation is 2. The van der Waals surface area contributed by atoms with Crippen LogP contribution >= 0.6 is 0 Å². The first-order chi connectivity index (χ1) is 15.5. The van der Waals surface area contributed by atoms with Crippen LogP contribution < -0.4 is 14.9 Å². The number of benzene rings is 1. The number of ether oxygens (including phenoxy) is 2. The zero-order valence-corrected chi connectivity index (χ0v) is 19.0. The Morgan fingerprint density at radius 1 is 1.12 bits per heavy atom. The number of nitrogens with one attached hydrogen (secondary N) is 1. The molecule has 0 radical (unpaired) electrons. The summed E-state index contributed by atoms with van der Waals surface area (Å²) in [5, 5.41) is 8.28. The van der Waals surface area contributed by atoms with E-state index in [4.69, 9.17) is 9.47 Å². The summed E-state index contributed by atoms with van der Waals surface area (Å²) in [5.41, 5.74) is 5.01. The lowest BCUT2D eigenvalue weighted by molar-refractivity contribution is -0.134. The summed E-state index contributed by atoms with van der Waals surface area (Å²) in [4.78, 5) is 26.3. The van der Waals surface area contributed by atoms with Gasteiger partial charge in [-0.3, -0.25) is 14.3 Å². The van der Waals surface area contributed by atoms with Gasteiger partial charge in [0.1, 0.15) is 6.54 Å². The fourth-order valence-corrected chi connectivity index (χ4v) is 3.55. The largest absolute Gasteiger partial charge is 0.490 e. The second kappa shape index (κ2) is 11.3. The SMILES string of the molecule is CCOc1cc(/C=N\NC(=O)Cn2nc(C)cc2C)ccc1OCC(=O)N1CCCCC1. The molecule has 0 aliphatic carbocycles. The molecule has 3 rings (SSSR count). The molecule has 0 bridgehead atoms. The first-order valence-electron chi connectivity index (χ1n) is 11.0. The van der Waals surface area contributed by atoms with Crippen LogP contribution in [0.3, 0.4) is 0 Å². The highest BCUT2D eigenvalue weighted by Gasteiger charge is 2.17. The number of hydrogen-bond donors (Lipinski definition) is 1. The fourth-order valence-electron chi connectivity index (χ4n) is 3.55. The number of carbonyl (C=O) groups is 2. The van der Waals surface area contributed by atoms with Crippen LogP contribution in [-0.2, 0) is 16.1 Å². The predicted molar refractivity (Wildman–Crippen MR) is 121 cm³/mol. The number of hydrogen-bond acceptors (Lipinski definition) is 6. The number of aromatic nitrogens is 2. The van der Waals surface area contributed by atoms with Crippen molar-refractivity contribution in [3.05, 3.63) is 41.2 Å². The van der Waals surface area contributed by atoms with Gasteiger partial charge in [-0.25, -0.2) is 5.43 Å². The Hall–Kier alpha value is -3.36. The van der Waals surface area contributed by atoms with E-state index >= 15 is 0 Å². The van der Waals surface area contributed by atoms with Crippen molar-refractivity contribution < 1.29 is 19.1 Å². The van der Waals surface area contributed by atoms with Gasteiger partial charge in [0.05, 0.1) is 18.5 Å². The smallest absolute Gasteiger partial charge is 0.261 e. The Labute approximate surface area is 188 Å². The summed E-state index contributed by atoms with van der Waals surface area (Å²) in [6.45, 7) is 7.78. The van der Waals surface area contributed by atoms with E-state index in [-0.39, 0.29) is 25.0 Å². The quantitative estimate of drug-likeness (QED) is 0.476. The van der Waals surface area contributed by atoms with E-state index in [0.717, 1.165) is 42.9 Å². The second-order valence-electron chi connectivity index (χ2n) is 7.75. The number of rotatable bonds is 9. The lowest BCUT2D eigenvalue weighted by Gasteiger charge is -2.26. The van der Waals surface area contributed by atoms with Crippen LogP contribution in [0.4, 0.5) is 0 Å². The fraction of sp³-hybridized carbons (Fsp3) is 0.478. The zero-order valence-electron chi connectivity index (χ0n) is 19.0. The maximum absolute atomic E-state index is 12.4. The Kier molecular flexibility index (Phi) is 8.24. The van der Waals surface area contributed by atoms with E-state index in [9.17, 15) is 9.59 Å². The summed E-state index contributed by atoms with van der Waals surface area (Å²) in [6, 6.07) is 7.21. The van der Waals surface area contributed by atoms with Gasteiger partial charge in [0.25, 0.3) is 11.8 Å². The molecule has 9 heteroatoms. The topological polar surface area (TPSA) is 98.0 Å². The lowest BCUT2D eigenvalue weighted by atomic mass is 10.1. The average Bonchev–Trinajstić information content (AvgIpc) is 3.10. The molecule has 1 aliphatic heterocycles. The van der Waals surface area contributed by atoms with Gasteiger partial charge in [0, 0.05) is 18.8 Å². The monoisotopic (exact) mass is 441 g/mol. The van der Waals surface area contributed by atoms with Gasteiger partial charge in [-0.15, -0.1) is 0 Å². The third kappa shape index (κ3) is 6.57. The minimum absolute atomic E-state index is 0.0110. The second-order valence-corrected chi connectivity index (χ2v) is 7.75. The maximum atomic E-state index is 12.4. The van der Waals surface area contributed by atoms with Gasteiger partial charge in [0.2, 0.25) is 0 Å². The Balaban J connectivity index is 1.56. The Bertz CT molecular complexity index is 963. The maximum Gasteiger partial charge on any atom is 0.261 e. The molecular formula is C23H31N5O4. The summed E-state index contributed by atoms with van der Waals surface area (Å²) >= 11 is 0. The standard InChI is InChI=1S/C23H31N5O4/c1-4-31-21-13-19(14-24-25-22(29)15-28-18(3)12-17(2)26-28)8-9-20(21)32-16-23(30)27-10-6-5-7-11-27/h8-9,12-14H,4-7,10-11,15-16H2,1-3H3,(H,25,29)/b24-14-. The molecule has 0 spiro atoms. The minimum Gasteiger partial charge on any atom is -0.490 e. The molecule has 1 aromatic heterocycles. The molecule has 1 N–H and O–H groups in total. The Morgan fingerprint density at radius 2 is 1.91 bits per heavy atom. The number of piperidine rings is 1. The van der Waals surface area contributed by atoms with Crippen LogP contribution in [-0.4, -0.2) is 59.0 Å². The van der Waals surface area contributed by atoms with Crippen LogP contribution in [0.25, 0.3) is 0 Å². The first kappa shape index (κ1) is 23.3. The van der Waals surface area contributed by atoms with Crippen molar-refractivity contribution in [2.75, 3.05) is 26.3 Å². The average molecular weight is 442 g/mol. The van der Waals surface area contributed by atoms with E-state index in [1.54, 1.807) is 22.9 Å². The summed E-state index contributed by atoms with van der Waals surface area (Å²) in [7, 11) is 0. The molecule has 0 atom stereocenters. The van der Waals surface area contributed by atoms with Crippen LogP contribution in [0.1, 0.15) is 43.1 Å². The molecule has 32 heavy (non-hydrogen) atoms. The van der Waals surface area contributed by atoms with E-state index in [1.807, 2.05) is 31.7 Å². The molecule has 1 aliphatic rings. The van der Waals surface area contributed by atoms with Gasteiger partial charge in [-0.1, -0.05) is 0 Å². The highest BCUT2D eigenvalue weighted by Crippen LogP contribution is 2.28. The van der Waals surface area contributed by atoms with Crippen molar-refractivity contribution in [2.45, 2.75) is 46.6 Å². The summed E-state index contributed by atoms with van der Waals surface area (Å²) < 4.78 is 13.0. The van der Waals surface area contributed by atoms with Crippen molar-refractivity contribution in [3.8, 4) is 11.5 Å². The predicted octanol–water partition coefficient (Wildman–Crippen LogP) is 2.44.